The molecule has 0 atom stereocenters. The summed E-state index contributed by atoms with van der Waals surface area (Å²) in [4.78, 5) is 4.21. The first-order chi connectivity index (χ1) is 9.02. The van der Waals surface area contributed by atoms with Gasteiger partial charge in [-0.1, -0.05) is 15.9 Å². The molecule has 0 aliphatic rings. The van der Waals surface area contributed by atoms with E-state index < -0.39 is 0 Å². The van der Waals surface area contributed by atoms with Crippen LogP contribution in [0.15, 0.2) is 15.9 Å². The maximum atomic E-state index is 5.62. The molecular formula is C14H15BrN2OS. The Morgan fingerprint density at radius 3 is 2.68 bits per heavy atom. The Bertz CT molecular complexity index is 635. The summed E-state index contributed by atoms with van der Waals surface area (Å²) in [6.45, 7) is 4.09. The van der Waals surface area contributed by atoms with Crippen LogP contribution in [-0.4, -0.2) is 12.1 Å². The number of aromatic nitrogens is 1. The summed E-state index contributed by atoms with van der Waals surface area (Å²) in [6.07, 6.45) is 3.96. The van der Waals surface area contributed by atoms with Crippen molar-refractivity contribution in [3.8, 4) is 5.75 Å². The lowest BCUT2D eigenvalue weighted by Gasteiger charge is -2.13. The smallest absolute Gasteiger partial charge is 0.180 e. The molecule has 3 nitrogen and oxygen atoms in total. The number of halogens is 1. The lowest BCUT2D eigenvalue weighted by atomic mass is 10.0. The van der Waals surface area contributed by atoms with Gasteiger partial charge < -0.3 is 10.5 Å². The van der Waals surface area contributed by atoms with E-state index >= 15 is 0 Å². The minimum atomic E-state index is 0.578. The summed E-state index contributed by atoms with van der Waals surface area (Å²) in [5, 5.41) is 2.51. The lowest BCUT2D eigenvalue weighted by Crippen LogP contribution is -1.94. The van der Waals surface area contributed by atoms with Gasteiger partial charge in [0.2, 0.25) is 0 Å². The van der Waals surface area contributed by atoms with Gasteiger partial charge in [0.15, 0.2) is 5.13 Å². The first-order valence-electron chi connectivity index (χ1n) is 5.75. The lowest BCUT2D eigenvalue weighted by molar-refractivity contribution is 0.410. The van der Waals surface area contributed by atoms with Crippen LogP contribution in [-0.2, 0) is 0 Å². The predicted molar refractivity (Wildman–Crippen MR) is 85.6 cm³/mol. The Kier molecular flexibility index (Phi) is 4.27. The molecule has 1 aromatic carbocycles. The van der Waals surface area contributed by atoms with Crippen molar-refractivity contribution in [2.75, 3.05) is 12.8 Å². The first-order valence-corrected chi connectivity index (χ1v) is 7.43. The van der Waals surface area contributed by atoms with Crippen LogP contribution in [0.5, 0.6) is 5.75 Å². The Balaban J connectivity index is 2.46. The van der Waals surface area contributed by atoms with Crippen molar-refractivity contribution < 1.29 is 4.74 Å². The number of hydrogen-bond acceptors (Lipinski definition) is 4. The van der Waals surface area contributed by atoms with Crippen molar-refractivity contribution in [1.29, 1.82) is 0 Å². The molecule has 2 rings (SSSR count). The summed E-state index contributed by atoms with van der Waals surface area (Å²) >= 11 is 5.00. The molecule has 0 aliphatic heterocycles. The second-order valence-corrected chi connectivity index (χ2v) is 5.94. The molecule has 0 saturated heterocycles. The number of hydrogen-bond donors (Lipinski definition) is 1. The fourth-order valence-corrected chi connectivity index (χ4v) is 2.98. The molecule has 0 saturated carbocycles. The Morgan fingerprint density at radius 2 is 2.11 bits per heavy atom. The SMILES string of the molecule is COc1c(C)cc(Br)c(C)c1/C=C/c1csc(N)n1. The molecule has 0 unspecified atom stereocenters. The van der Waals surface area contributed by atoms with Gasteiger partial charge in [-0.05, 0) is 43.2 Å². The summed E-state index contributed by atoms with van der Waals surface area (Å²) in [7, 11) is 1.69. The number of aryl methyl sites for hydroxylation is 1. The molecule has 1 aromatic heterocycles. The zero-order valence-electron chi connectivity index (χ0n) is 11.0. The summed E-state index contributed by atoms with van der Waals surface area (Å²) in [5.74, 6) is 0.889. The van der Waals surface area contributed by atoms with Crippen molar-refractivity contribution in [3.63, 3.8) is 0 Å². The van der Waals surface area contributed by atoms with E-state index in [2.05, 4.69) is 33.9 Å². The monoisotopic (exact) mass is 338 g/mol. The van der Waals surface area contributed by atoms with E-state index in [1.54, 1.807) is 7.11 Å². The number of nitrogens with zero attached hydrogens (tertiary/aromatic N) is 1. The molecule has 2 aromatic rings. The van der Waals surface area contributed by atoms with Gasteiger partial charge in [-0.25, -0.2) is 4.98 Å². The highest BCUT2D eigenvalue weighted by Gasteiger charge is 2.10. The maximum Gasteiger partial charge on any atom is 0.180 e. The fraction of sp³-hybridized carbons (Fsp3) is 0.214. The van der Waals surface area contributed by atoms with E-state index in [1.165, 1.54) is 11.3 Å². The highest BCUT2D eigenvalue weighted by Crippen LogP contribution is 2.33. The second kappa shape index (κ2) is 5.75. The topological polar surface area (TPSA) is 48.1 Å². The molecular weight excluding hydrogens is 324 g/mol. The maximum absolute atomic E-state index is 5.62. The summed E-state index contributed by atoms with van der Waals surface area (Å²) in [6, 6.07) is 2.06. The van der Waals surface area contributed by atoms with Crippen LogP contribution in [0.1, 0.15) is 22.4 Å². The summed E-state index contributed by atoms with van der Waals surface area (Å²) in [5.41, 5.74) is 9.78. The van der Waals surface area contributed by atoms with E-state index in [0.717, 1.165) is 32.6 Å². The normalized spacial score (nSPS) is 11.2. The number of nitrogens with two attached hydrogens (primary N) is 1. The van der Waals surface area contributed by atoms with Gasteiger partial charge in [0.05, 0.1) is 12.8 Å². The van der Waals surface area contributed by atoms with Crippen molar-refractivity contribution >= 4 is 44.6 Å². The standard InChI is InChI=1S/C14H15BrN2OS/c1-8-6-12(15)9(2)11(13(8)18-3)5-4-10-7-19-14(16)17-10/h4-7H,1-3H3,(H2,16,17)/b5-4+. The van der Waals surface area contributed by atoms with Gasteiger partial charge in [0.25, 0.3) is 0 Å². The molecule has 1 heterocycles. The third-order valence-corrected chi connectivity index (χ3v) is 4.39. The number of benzene rings is 1. The van der Waals surface area contributed by atoms with Gasteiger partial charge in [0.1, 0.15) is 5.75 Å². The van der Waals surface area contributed by atoms with E-state index in [9.17, 15) is 0 Å². The molecule has 100 valence electrons. The second-order valence-electron chi connectivity index (χ2n) is 4.19. The average Bonchev–Trinajstić information content (AvgIpc) is 2.78. The third-order valence-electron chi connectivity index (χ3n) is 2.87. The Morgan fingerprint density at radius 1 is 1.37 bits per heavy atom. The molecule has 19 heavy (non-hydrogen) atoms. The quantitative estimate of drug-likeness (QED) is 0.908. The number of nitrogen functional groups attached to an aromatic ring is 1. The number of anilines is 1. The molecule has 0 radical (unpaired) electrons. The number of methoxy groups -OCH3 is 1. The molecule has 0 fully saturated rings. The van der Waals surface area contributed by atoms with Gasteiger partial charge in [-0.3, -0.25) is 0 Å². The molecule has 0 bridgehead atoms. The highest BCUT2D eigenvalue weighted by atomic mass is 79.9. The van der Waals surface area contributed by atoms with E-state index in [-0.39, 0.29) is 0 Å². The van der Waals surface area contributed by atoms with E-state index in [4.69, 9.17) is 10.5 Å². The van der Waals surface area contributed by atoms with Crippen molar-refractivity contribution in [2.45, 2.75) is 13.8 Å². The van der Waals surface area contributed by atoms with E-state index in [0.29, 0.717) is 5.13 Å². The van der Waals surface area contributed by atoms with Crippen molar-refractivity contribution in [1.82, 2.24) is 4.98 Å². The van der Waals surface area contributed by atoms with Crippen molar-refractivity contribution in [3.05, 3.63) is 38.3 Å². The third kappa shape index (κ3) is 2.98. The zero-order valence-corrected chi connectivity index (χ0v) is 13.4. The molecule has 5 heteroatoms. The van der Waals surface area contributed by atoms with Gasteiger partial charge in [-0.2, -0.15) is 0 Å². The van der Waals surface area contributed by atoms with Crippen LogP contribution < -0.4 is 10.5 Å². The minimum Gasteiger partial charge on any atom is -0.496 e. The van der Waals surface area contributed by atoms with E-state index in [1.807, 2.05) is 24.5 Å². The Hall–Kier alpha value is -1.33. The summed E-state index contributed by atoms with van der Waals surface area (Å²) < 4.78 is 6.56. The fourth-order valence-electron chi connectivity index (χ4n) is 1.89. The van der Waals surface area contributed by atoms with Gasteiger partial charge >= 0.3 is 0 Å². The average molecular weight is 339 g/mol. The van der Waals surface area contributed by atoms with Gasteiger partial charge in [-0.15, -0.1) is 11.3 Å². The van der Waals surface area contributed by atoms with Crippen LogP contribution in [0.4, 0.5) is 5.13 Å². The number of thiazole rings is 1. The largest absolute Gasteiger partial charge is 0.496 e. The molecule has 0 aliphatic carbocycles. The number of rotatable bonds is 3. The van der Waals surface area contributed by atoms with Crippen LogP contribution in [0.25, 0.3) is 12.2 Å². The zero-order chi connectivity index (χ0) is 14.0. The Labute approximate surface area is 125 Å². The molecule has 0 spiro atoms. The van der Waals surface area contributed by atoms with Crippen LogP contribution >= 0.6 is 27.3 Å². The van der Waals surface area contributed by atoms with Crippen LogP contribution in [0.2, 0.25) is 0 Å². The van der Waals surface area contributed by atoms with Gasteiger partial charge in [0, 0.05) is 15.4 Å². The van der Waals surface area contributed by atoms with Crippen molar-refractivity contribution in [2.24, 2.45) is 0 Å². The molecule has 0 amide bonds. The predicted octanol–water partition coefficient (Wildman–Crippen LogP) is 4.28. The first kappa shape index (κ1) is 14.1. The van der Waals surface area contributed by atoms with Crippen LogP contribution in [0.3, 0.4) is 0 Å². The van der Waals surface area contributed by atoms with Crippen LogP contribution in [0, 0.1) is 13.8 Å². The molecule has 2 N–H and O–H groups in total. The highest BCUT2D eigenvalue weighted by molar-refractivity contribution is 9.10. The minimum absolute atomic E-state index is 0.578. The number of ether oxygens (including phenoxy) is 1.